The van der Waals surface area contributed by atoms with Crippen molar-refractivity contribution in [3.63, 3.8) is 0 Å². The van der Waals surface area contributed by atoms with Crippen LogP contribution in [0.1, 0.15) is 39.6 Å². The molecule has 1 aliphatic heterocycles. The SMILES string of the molecule is Cc1ccc2oc([C@@H]3c4nc[nH]c4CCN3C(=O)c3nnc(-c4cn[nH]c4)o3)nc2c1. The Morgan fingerprint density at radius 2 is 2.19 bits per heavy atom. The number of hydrogen-bond acceptors (Lipinski definition) is 8. The zero-order chi connectivity index (χ0) is 20.9. The molecule has 11 heteroatoms. The number of rotatable bonds is 3. The fourth-order valence-electron chi connectivity index (χ4n) is 3.83. The van der Waals surface area contributed by atoms with Crippen LogP contribution in [-0.2, 0) is 6.42 Å². The van der Waals surface area contributed by atoms with Crippen LogP contribution in [0.15, 0.2) is 45.8 Å². The monoisotopic (exact) mass is 416 g/mol. The number of aromatic amines is 2. The van der Waals surface area contributed by atoms with Gasteiger partial charge in [-0.2, -0.15) is 5.10 Å². The van der Waals surface area contributed by atoms with Gasteiger partial charge in [-0.1, -0.05) is 6.07 Å². The maximum absolute atomic E-state index is 13.4. The highest BCUT2D eigenvalue weighted by atomic mass is 16.4. The van der Waals surface area contributed by atoms with Crippen molar-refractivity contribution >= 4 is 17.0 Å². The van der Waals surface area contributed by atoms with Gasteiger partial charge in [-0.3, -0.25) is 9.89 Å². The number of aromatic nitrogens is 7. The van der Waals surface area contributed by atoms with E-state index < -0.39 is 11.9 Å². The van der Waals surface area contributed by atoms with Crippen molar-refractivity contribution in [1.29, 1.82) is 0 Å². The smallest absolute Gasteiger partial charge is 0.312 e. The molecule has 0 saturated carbocycles. The quantitative estimate of drug-likeness (QED) is 0.456. The molecule has 4 aromatic heterocycles. The lowest BCUT2D eigenvalue weighted by Crippen LogP contribution is -2.41. The lowest BCUT2D eigenvalue weighted by molar-refractivity contribution is 0.0627. The van der Waals surface area contributed by atoms with E-state index in [9.17, 15) is 4.79 Å². The summed E-state index contributed by atoms with van der Waals surface area (Å²) in [5.41, 5.74) is 4.68. The van der Waals surface area contributed by atoms with Crippen LogP contribution in [0, 0.1) is 6.92 Å². The van der Waals surface area contributed by atoms with Crippen LogP contribution in [-0.4, -0.2) is 52.7 Å². The molecule has 154 valence electrons. The summed E-state index contributed by atoms with van der Waals surface area (Å²) < 4.78 is 11.6. The second kappa shape index (κ2) is 6.62. The fourth-order valence-corrected chi connectivity index (χ4v) is 3.83. The number of hydrogen-bond donors (Lipinski definition) is 2. The molecular weight excluding hydrogens is 400 g/mol. The van der Waals surface area contributed by atoms with Crippen molar-refractivity contribution in [2.24, 2.45) is 0 Å². The summed E-state index contributed by atoms with van der Waals surface area (Å²) in [4.78, 5) is 27.2. The van der Waals surface area contributed by atoms with Crippen molar-refractivity contribution in [3.05, 3.63) is 65.7 Å². The van der Waals surface area contributed by atoms with Crippen LogP contribution in [0.4, 0.5) is 0 Å². The van der Waals surface area contributed by atoms with Crippen molar-refractivity contribution in [1.82, 2.24) is 40.2 Å². The summed E-state index contributed by atoms with van der Waals surface area (Å²) in [6.45, 7) is 2.41. The number of H-pyrrole nitrogens is 2. The molecule has 0 fully saturated rings. The van der Waals surface area contributed by atoms with Gasteiger partial charge >= 0.3 is 11.8 Å². The van der Waals surface area contributed by atoms with Crippen LogP contribution in [0.25, 0.3) is 22.6 Å². The number of amides is 1. The third-order valence-corrected chi connectivity index (χ3v) is 5.33. The second-order valence-corrected chi connectivity index (χ2v) is 7.34. The Labute approximate surface area is 174 Å². The first-order valence-corrected chi connectivity index (χ1v) is 9.70. The molecule has 1 amide bonds. The highest BCUT2D eigenvalue weighted by molar-refractivity contribution is 5.90. The van der Waals surface area contributed by atoms with E-state index in [0.29, 0.717) is 35.7 Å². The van der Waals surface area contributed by atoms with Gasteiger partial charge in [0.25, 0.3) is 5.89 Å². The van der Waals surface area contributed by atoms with Crippen LogP contribution >= 0.6 is 0 Å². The van der Waals surface area contributed by atoms with Gasteiger partial charge in [0.2, 0.25) is 5.89 Å². The standard InChI is InChI=1S/C20H16N8O3/c1-10-2-3-14-13(6-10)25-18(30-14)16-15-12(21-9-22-15)4-5-28(16)20(29)19-27-26-17(31-19)11-7-23-24-8-11/h2-3,6-9,16H,4-5H2,1H3,(H,21,22)(H,23,24)/t16-/m0/s1. The minimum Gasteiger partial charge on any atom is -0.438 e. The van der Waals surface area contributed by atoms with Crippen LogP contribution < -0.4 is 0 Å². The number of imidazole rings is 1. The Balaban J connectivity index is 1.42. The molecule has 11 nitrogen and oxygen atoms in total. The number of carbonyl (C=O) groups is 1. The second-order valence-electron chi connectivity index (χ2n) is 7.34. The van der Waals surface area contributed by atoms with Gasteiger partial charge in [0.05, 0.1) is 23.8 Å². The number of nitrogens with one attached hydrogen (secondary N) is 2. The van der Waals surface area contributed by atoms with E-state index in [1.807, 2.05) is 25.1 Å². The topological polar surface area (TPSA) is 143 Å². The Bertz CT molecular complexity index is 1400. The lowest BCUT2D eigenvalue weighted by Gasteiger charge is -2.31. The van der Waals surface area contributed by atoms with Crippen molar-refractivity contribution in [2.45, 2.75) is 19.4 Å². The Morgan fingerprint density at radius 1 is 1.26 bits per heavy atom. The van der Waals surface area contributed by atoms with Crippen molar-refractivity contribution in [2.75, 3.05) is 6.54 Å². The number of nitrogens with zero attached hydrogens (tertiary/aromatic N) is 6. The summed E-state index contributed by atoms with van der Waals surface area (Å²) in [6, 6.07) is 5.16. The highest BCUT2D eigenvalue weighted by Gasteiger charge is 2.39. The molecule has 0 radical (unpaired) electrons. The largest absolute Gasteiger partial charge is 0.438 e. The van der Waals surface area contributed by atoms with Gasteiger partial charge in [-0.25, -0.2) is 9.97 Å². The summed E-state index contributed by atoms with van der Waals surface area (Å²) >= 11 is 0. The third-order valence-electron chi connectivity index (χ3n) is 5.33. The van der Waals surface area contributed by atoms with Gasteiger partial charge in [-0.15, -0.1) is 10.2 Å². The molecule has 1 aromatic carbocycles. The first-order valence-electron chi connectivity index (χ1n) is 9.70. The molecule has 6 rings (SSSR count). The maximum Gasteiger partial charge on any atom is 0.312 e. The van der Waals surface area contributed by atoms with Gasteiger partial charge in [0, 0.05) is 24.9 Å². The van der Waals surface area contributed by atoms with E-state index in [1.54, 1.807) is 23.6 Å². The number of oxazole rings is 1. The number of benzene rings is 1. The molecule has 0 spiro atoms. The molecule has 0 bridgehead atoms. The van der Waals surface area contributed by atoms with Crippen LogP contribution in [0.2, 0.25) is 0 Å². The van der Waals surface area contributed by atoms with Crippen molar-refractivity contribution in [3.8, 4) is 11.5 Å². The molecule has 0 aliphatic carbocycles. The Morgan fingerprint density at radius 3 is 3.06 bits per heavy atom. The minimum atomic E-state index is -0.612. The average Bonchev–Trinajstić information content (AvgIpc) is 3.57. The van der Waals surface area contributed by atoms with E-state index in [1.165, 1.54) is 0 Å². The molecule has 0 saturated heterocycles. The Kier molecular flexibility index (Phi) is 3.75. The van der Waals surface area contributed by atoms with E-state index in [0.717, 1.165) is 16.8 Å². The van der Waals surface area contributed by atoms with E-state index >= 15 is 0 Å². The molecule has 0 unspecified atom stereocenters. The van der Waals surface area contributed by atoms with Crippen molar-refractivity contribution < 1.29 is 13.6 Å². The molecule has 5 heterocycles. The van der Waals surface area contributed by atoms with Gasteiger partial charge in [0.1, 0.15) is 5.52 Å². The molecule has 31 heavy (non-hydrogen) atoms. The molecule has 5 aromatic rings. The molecular formula is C20H16N8O3. The lowest BCUT2D eigenvalue weighted by atomic mass is 10.0. The molecule has 2 N–H and O–H groups in total. The normalized spacial score (nSPS) is 16.0. The number of aryl methyl sites for hydroxylation is 1. The first kappa shape index (κ1) is 17.6. The van der Waals surface area contributed by atoms with Gasteiger partial charge in [-0.05, 0) is 24.6 Å². The number of carbonyl (C=O) groups excluding carboxylic acids is 1. The van der Waals surface area contributed by atoms with E-state index in [2.05, 4.69) is 35.3 Å². The average molecular weight is 416 g/mol. The predicted molar refractivity (Wildman–Crippen MR) is 106 cm³/mol. The van der Waals surface area contributed by atoms with Gasteiger partial charge in [0.15, 0.2) is 11.6 Å². The summed E-state index contributed by atoms with van der Waals surface area (Å²) in [7, 11) is 0. The third kappa shape index (κ3) is 2.81. The summed E-state index contributed by atoms with van der Waals surface area (Å²) in [5.74, 6) is 0.0616. The summed E-state index contributed by atoms with van der Waals surface area (Å²) in [6.07, 6.45) is 5.38. The van der Waals surface area contributed by atoms with Crippen LogP contribution in [0.3, 0.4) is 0 Å². The number of fused-ring (bicyclic) bond motifs is 2. The van der Waals surface area contributed by atoms with Crippen LogP contribution in [0.5, 0.6) is 0 Å². The zero-order valence-corrected chi connectivity index (χ0v) is 16.4. The molecule has 1 atom stereocenters. The predicted octanol–water partition coefficient (Wildman–Crippen LogP) is 2.42. The first-order chi connectivity index (χ1) is 15.2. The van der Waals surface area contributed by atoms with E-state index in [-0.39, 0.29) is 11.8 Å². The highest BCUT2D eigenvalue weighted by Crippen LogP contribution is 2.35. The Hall–Kier alpha value is -4.28. The van der Waals surface area contributed by atoms with Gasteiger partial charge < -0.3 is 18.7 Å². The zero-order valence-electron chi connectivity index (χ0n) is 16.4. The maximum atomic E-state index is 13.4. The molecule has 1 aliphatic rings. The minimum absolute atomic E-state index is 0.118. The fraction of sp³-hybridized carbons (Fsp3) is 0.200. The van der Waals surface area contributed by atoms with E-state index in [4.69, 9.17) is 8.83 Å². The summed E-state index contributed by atoms with van der Waals surface area (Å²) in [5, 5.41) is 14.4.